The number of hydrogen-bond donors (Lipinski definition) is 2. The number of nitrogens with one attached hydrogen (secondary N) is 1. The average Bonchev–Trinajstić information content (AvgIpc) is 2.42. The van der Waals surface area contributed by atoms with Gasteiger partial charge in [-0.2, -0.15) is 4.98 Å². The van der Waals surface area contributed by atoms with E-state index >= 15 is 0 Å². The summed E-state index contributed by atoms with van der Waals surface area (Å²) in [5.41, 5.74) is -0.818. The number of anilines is 1. The van der Waals surface area contributed by atoms with Gasteiger partial charge in [-0.15, -0.1) is 0 Å². The van der Waals surface area contributed by atoms with Crippen LogP contribution in [-0.4, -0.2) is 27.4 Å². The molecule has 1 unspecified atom stereocenters. The Kier molecular flexibility index (Phi) is 1.78. The van der Waals surface area contributed by atoms with E-state index in [1.54, 1.807) is 6.92 Å². The molecule has 0 aliphatic carbocycles. The maximum Gasteiger partial charge on any atom is 0.224 e. The van der Waals surface area contributed by atoms with Crippen LogP contribution in [0.15, 0.2) is 6.20 Å². The Morgan fingerprint density at radius 2 is 2.54 bits per heavy atom. The molecule has 2 heterocycles. The van der Waals surface area contributed by atoms with E-state index in [-0.39, 0.29) is 11.9 Å². The van der Waals surface area contributed by atoms with Crippen LogP contribution in [0.25, 0.3) is 0 Å². The predicted octanol–water partition coefficient (Wildman–Crippen LogP) is 0.643. The summed E-state index contributed by atoms with van der Waals surface area (Å²) in [6.45, 7) is 1.56. The van der Waals surface area contributed by atoms with Crippen LogP contribution in [0.4, 0.5) is 5.82 Å². The molecule has 1 aromatic heterocycles. The van der Waals surface area contributed by atoms with Crippen molar-refractivity contribution in [3.63, 3.8) is 0 Å². The van der Waals surface area contributed by atoms with Crippen LogP contribution in [-0.2, 0) is 0 Å². The Labute approximate surface area is 79.7 Å². The van der Waals surface area contributed by atoms with Gasteiger partial charge in [0.2, 0.25) is 11.0 Å². The lowest BCUT2D eigenvalue weighted by molar-refractivity contribution is 0.0630. The van der Waals surface area contributed by atoms with Gasteiger partial charge in [0, 0.05) is 0 Å². The maximum absolute atomic E-state index is 9.00. The molecule has 2 rings (SSSR count). The standard InChI is InChI=1S/C7H8ClN3O2/c1-7(3-12)11-5-4(13-7)2-9-6(8)10-5/h2,12H,3H2,1H3,(H,9,10,11). The van der Waals surface area contributed by atoms with Crippen LogP contribution in [0.1, 0.15) is 6.92 Å². The number of aliphatic hydroxyl groups excluding tert-OH is 1. The van der Waals surface area contributed by atoms with Gasteiger partial charge >= 0.3 is 0 Å². The van der Waals surface area contributed by atoms with Gasteiger partial charge in [0.1, 0.15) is 6.61 Å². The van der Waals surface area contributed by atoms with Crippen molar-refractivity contribution in [3.05, 3.63) is 11.5 Å². The van der Waals surface area contributed by atoms with Gasteiger partial charge in [0.25, 0.3) is 0 Å². The summed E-state index contributed by atoms with van der Waals surface area (Å²) in [5.74, 6) is 1.01. The Hall–Kier alpha value is -1.07. The van der Waals surface area contributed by atoms with Crippen LogP contribution >= 0.6 is 11.6 Å². The zero-order chi connectivity index (χ0) is 9.47. The number of nitrogens with zero attached hydrogens (tertiary/aromatic N) is 2. The summed E-state index contributed by atoms with van der Waals surface area (Å²) in [6, 6.07) is 0. The highest BCUT2D eigenvalue weighted by atomic mass is 35.5. The third kappa shape index (κ3) is 1.40. The van der Waals surface area contributed by atoms with Crippen molar-refractivity contribution in [3.8, 4) is 5.75 Å². The molecule has 0 radical (unpaired) electrons. The zero-order valence-electron chi connectivity index (χ0n) is 6.91. The van der Waals surface area contributed by atoms with E-state index in [1.807, 2.05) is 0 Å². The molecule has 0 amide bonds. The summed E-state index contributed by atoms with van der Waals surface area (Å²) in [4.78, 5) is 7.66. The number of ether oxygens (including phenoxy) is 1. The SMILES string of the molecule is CC1(CO)Nc2nc(Cl)ncc2O1. The lowest BCUT2D eigenvalue weighted by Gasteiger charge is -2.20. The quantitative estimate of drug-likeness (QED) is 0.653. The molecule has 70 valence electrons. The van der Waals surface area contributed by atoms with Gasteiger partial charge in [-0.25, -0.2) is 4.98 Å². The molecule has 5 nitrogen and oxygen atoms in total. The van der Waals surface area contributed by atoms with Crippen molar-refractivity contribution in [2.24, 2.45) is 0 Å². The van der Waals surface area contributed by atoms with Gasteiger partial charge in [0.15, 0.2) is 11.6 Å². The van der Waals surface area contributed by atoms with Crippen LogP contribution in [0.2, 0.25) is 5.28 Å². The van der Waals surface area contributed by atoms with Gasteiger partial charge in [-0.3, -0.25) is 0 Å². The van der Waals surface area contributed by atoms with Crippen molar-refractivity contribution in [1.82, 2.24) is 9.97 Å². The van der Waals surface area contributed by atoms with E-state index in [4.69, 9.17) is 21.4 Å². The molecule has 0 saturated heterocycles. The first-order chi connectivity index (χ1) is 6.13. The second kappa shape index (κ2) is 2.71. The van der Waals surface area contributed by atoms with Crippen molar-refractivity contribution in [2.75, 3.05) is 11.9 Å². The predicted molar refractivity (Wildman–Crippen MR) is 46.8 cm³/mol. The number of aliphatic hydroxyl groups is 1. The van der Waals surface area contributed by atoms with Crippen molar-refractivity contribution in [1.29, 1.82) is 0 Å². The Balaban J connectivity index is 2.35. The highest BCUT2D eigenvalue weighted by Gasteiger charge is 2.34. The van der Waals surface area contributed by atoms with Crippen molar-refractivity contribution < 1.29 is 9.84 Å². The van der Waals surface area contributed by atoms with E-state index in [2.05, 4.69) is 15.3 Å². The lowest BCUT2D eigenvalue weighted by atomic mass is 10.3. The van der Waals surface area contributed by atoms with Gasteiger partial charge in [0.05, 0.1) is 6.20 Å². The molecule has 0 bridgehead atoms. The first-order valence-electron chi connectivity index (χ1n) is 3.73. The molecular formula is C7H8ClN3O2. The number of rotatable bonds is 1. The molecule has 0 fully saturated rings. The first-order valence-corrected chi connectivity index (χ1v) is 4.11. The minimum Gasteiger partial charge on any atom is -0.460 e. The summed E-state index contributed by atoms with van der Waals surface area (Å²) in [6.07, 6.45) is 1.47. The third-order valence-corrected chi connectivity index (χ3v) is 1.93. The fourth-order valence-electron chi connectivity index (χ4n) is 1.10. The molecule has 0 aromatic carbocycles. The average molecular weight is 202 g/mol. The zero-order valence-corrected chi connectivity index (χ0v) is 7.67. The summed E-state index contributed by atoms with van der Waals surface area (Å²) >= 11 is 5.58. The molecule has 1 aromatic rings. The van der Waals surface area contributed by atoms with Crippen molar-refractivity contribution >= 4 is 17.4 Å². The minimum atomic E-state index is -0.818. The van der Waals surface area contributed by atoms with E-state index in [9.17, 15) is 0 Å². The van der Waals surface area contributed by atoms with Gasteiger partial charge < -0.3 is 15.2 Å². The minimum absolute atomic E-state index is 0.150. The number of halogens is 1. The highest BCUT2D eigenvalue weighted by molar-refractivity contribution is 6.28. The molecule has 1 aliphatic heterocycles. The normalized spacial score (nSPS) is 24.8. The molecular weight excluding hydrogens is 194 g/mol. The molecule has 6 heteroatoms. The lowest BCUT2D eigenvalue weighted by Crippen LogP contribution is -2.40. The molecule has 2 N–H and O–H groups in total. The largest absolute Gasteiger partial charge is 0.460 e. The molecule has 1 atom stereocenters. The monoisotopic (exact) mass is 201 g/mol. The summed E-state index contributed by atoms with van der Waals surface area (Å²) in [5, 5.41) is 12.0. The van der Waals surface area contributed by atoms with Crippen molar-refractivity contribution in [2.45, 2.75) is 12.6 Å². The fourth-order valence-corrected chi connectivity index (χ4v) is 1.24. The molecule has 13 heavy (non-hydrogen) atoms. The number of hydrogen-bond acceptors (Lipinski definition) is 5. The number of fused-ring (bicyclic) bond motifs is 1. The van der Waals surface area contributed by atoms with Gasteiger partial charge in [-0.1, -0.05) is 0 Å². The topological polar surface area (TPSA) is 67.3 Å². The second-order valence-electron chi connectivity index (χ2n) is 2.97. The third-order valence-electron chi connectivity index (χ3n) is 1.75. The Morgan fingerprint density at radius 3 is 3.23 bits per heavy atom. The molecule has 0 spiro atoms. The first kappa shape index (κ1) is 8.52. The van der Waals surface area contributed by atoms with E-state index < -0.39 is 5.72 Å². The highest BCUT2D eigenvalue weighted by Crippen LogP contribution is 2.34. The van der Waals surface area contributed by atoms with Crippen LogP contribution in [0.5, 0.6) is 5.75 Å². The van der Waals surface area contributed by atoms with Gasteiger partial charge in [-0.05, 0) is 18.5 Å². The molecule has 1 aliphatic rings. The smallest absolute Gasteiger partial charge is 0.224 e. The number of aromatic nitrogens is 2. The summed E-state index contributed by atoms with van der Waals surface area (Å²) in [7, 11) is 0. The van der Waals surface area contributed by atoms with Crippen LogP contribution in [0.3, 0.4) is 0 Å². The fraction of sp³-hybridized carbons (Fsp3) is 0.429. The molecule has 0 saturated carbocycles. The maximum atomic E-state index is 9.00. The summed E-state index contributed by atoms with van der Waals surface area (Å²) < 4.78 is 5.35. The Bertz CT molecular complexity index is 347. The van der Waals surface area contributed by atoms with Crippen LogP contribution < -0.4 is 10.1 Å². The second-order valence-corrected chi connectivity index (χ2v) is 3.31. The van der Waals surface area contributed by atoms with E-state index in [1.165, 1.54) is 6.20 Å². The Morgan fingerprint density at radius 1 is 1.77 bits per heavy atom. The van der Waals surface area contributed by atoms with E-state index in [0.717, 1.165) is 0 Å². The van der Waals surface area contributed by atoms with E-state index in [0.29, 0.717) is 11.6 Å². The van der Waals surface area contributed by atoms with Crippen LogP contribution in [0, 0.1) is 0 Å².